The summed E-state index contributed by atoms with van der Waals surface area (Å²) in [6.07, 6.45) is 1.74. The summed E-state index contributed by atoms with van der Waals surface area (Å²) in [5, 5.41) is 1.05. The first-order valence-electron chi connectivity index (χ1n) is 3.72. The quantitative estimate of drug-likeness (QED) is 0.582. The molecule has 1 heterocycles. The molecule has 0 N–H and O–H groups in total. The highest BCUT2D eigenvalue weighted by atomic mass is 14.7. The van der Waals surface area contributed by atoms with Gasteiger partial charge in [-0.2, -0.15) is 0 Å². The molecule has 0 bridgehead atoms. The van der Waals surface area contributed by atoms with Crippen molar-refractivity contribution in [1.82, 2.24) is 4.98 Å². The third-order valence-electron chi connectivity index (χ3n) is 1.80. The highest BCUT2D eigenvalue weighted by Gasteiger charge is 1.96. The van der Waals surface area contributed by atoms with Gasteiger partial charge in [-0.1, -0.05) is 18.2 Å². The first-order chi connectivity index (χ1) is 5.92. The fraction of sp³-hybridized carbons (Fsp3) is 0. The molecule has 2 heteroatoms. The van der Waals surface area contributed by atoms with Crippen LogP contribution in [-0.4, -0.2) is 11.7 Å². The molecule has 0 amide bonds. The van der Waals surface area contributed by atoms with E-state index in [1.807, 2.05) is 30.3 Å². The maximum atomic E-state index is 4.20. The summed E-state index contributed by atoms with van der Waals surface area (Å²) in [6.45, 7) is 3.50. The Morgan fingerprint density at radius 2 is 2.00 bits per heavy atom. The summed E-state index contributed by atoms with van der Waals surface area (Å²) in [7, 11) is 0. The molecule has 1 aromatic heterocycles. The van der Waals surface area contributed by atoms with Crippen molar-refractivity contribution in [2.75, 3.05) is 0 Å². The zero-order chi connectivity index (χ0) is 8.39. The zero-order valence-electron chi connectivity index (χ0n) is 6.57. The fourth-order valence-electron chi connectivity index (χ4n) is 1.22. The van der Waals surface area contributed by atoms with E-state index in [4.69, 9.17) is 0 Å². The van der Waals surface area contributed by atoms with Gasteiger partial charge in [-0.05, 0) is 18.9 Å². The van der Waals surface area contributed by atoms with Crippen LogP contribution in [0.2, 0.25) is 0 Å². The van der Waals surface area contributed by atoms with Crippen LogP contribution in [0.4, 0.5) is 5.69 Å². The molecule has 1 aromatic carbocycles. The van der Waals surface area contributed by atoms with Crippen molar-refractivity contribution in [3.63, 3.8) is 0 Å². The number of rotatable bonds is 1. The van der Waals surface area contributed by atoms with E-state index >= 15 is 0 Å². The van der Waals surface area contributed by atoms with Crippen LogP contribution in [0.15, 0.2) is 41.5 Å². The lowest BCUT2D eigenvalue weighted by molar-refractivity contribution is 1.40. The van der Waals surface area contributed by atoms with Crippen molar-refractivity contribution in [1.29, 1.82) is 0 Å². The monoisotopic (exact) mass is 156 g/mol. The molecule has 0 saturated carbocycles. The van der Waals surface area contributed by atoms with Crippen LogP contribution in [0.3, 0.4) is 0 Å². The lowest BCUT2D eigenvalue weighted by Crippen LogP contribution is -1.76. The molecular formula is C10H8N2. The Bertz CT molecular complexity index is 416. The van der Waals surface area contributed by atoms with E-state index in [1.165, 1.54) is 0 Å². The first kappa shape index (κ1) is 6.98. The summed E-state index contributed by atoms with van der Waals surface area (Å²) >= 11 is 0. The van der Waals surface area contributed by atoms with Crippen molar-refractivity contribution in [3.05, 3.63) is 36.5 Å². The normalized spacial score (nSPS) is 10.0. The minimum Gasteiger partial charge on any atom is -0.264 e. The average Bonchev–Trinajstić information content (AvgIpc) is 2.17. The predicted octanol–water partition coefficient (Wildman–Crippen LogP) is 2.57. The Morgan fingerprint density at radius 3 is 2.83 bits per heavy atom. The van der Waals surface area contributed by atoms with Gasteiger partial charge in [-0.15, -0.1) is 0 Å². The van der Waals surface area contributed by atoms with Gasteiger partial charge in [0, 0.05) is 11.6 Å². The number of hydrogen-bond acceptors (Lipinski definition) is 2. The molecule has 0 unspecified atom stereocenters. The molecule has 0 radical (unpaired) electrons. The molecule has 12 heavy (non-hydrogen) atoms. The second-order valence-corrected chi connectivity index (χ2v) is 2.51. The second kappa shape index (κ2) is 2.74. The van der Waals surface area contributed by atoms with Crippen LogP contribution in [0.25, 0.3) is 10.9 Å². The number of para-hydroxylation sites is 1. The van der Waals surface area contributed by atoms with Crippen LogP contribution in [0.1, 0.15) is 0 Å². The number of nitrogens with zero attached hydrogens (tertiary/aromatic N) is 2. The van der Waals surface area contributed by atoms with E-state index in [2.05, 4.69) is 16.7 Å². The van der Waals surface area contributed by atoms with Gasteiger partial charge in [-0.3, -0.25) is 9.98 Å². The fourth-order valence-corrected chi connectivity index (χ4v) is 1.22. The Kier molecular flexibility index (Phi) is 1.59. The van der Waals surface area contributed by atoms with Gasteiger partial charge in [0.05, 0.1) is 11.2 Å². The molecule has 0 spiro atoms. The van der Waals surface area contributed by atoms with Gasteiger partial charge in [0.1, 0.15) is 0 Å². The number of benzene rings is 1. The van der Waals surface area contributed by atoms with Gasteiger partial charge < -0.3 is 0 Å². The van der Waals surface area contributed by atoms with Crippen LogP contribution >= 0.6 is 0 Å². The highest BCUT2D eigenvalue weighted by molar-refractivity contribution is 5.89. The van der Waals surface area contributed by atoms with Crippen LogP contribution in [0, 0.1) is 0 Å². The van der Waals surface area contributed by atoms with E-state index in [1.54, 1.807) is 6.20 Å². The third-order valence-corrected chi connectivity index (χ3v) is 1.80. The van der Waals surface area contributed by atoms with E-state index in [0.717, 1.165) is 16.6 Å². The van der Waals surface area contributed by atoms with Crippen molar-refractivity contribution in [2.45, 2.75) is 0 Å². The minimum absolute atomic E-state index is 0.889. The summed E-state index contributed by atoms with van der Waals surface area (Å²) in [6, 6.07) is 9.74. The second-order valence-electron chi connectivity index (χ2n) is 2.51. The largest absolute Gasteiger partial charge is 0.264 e. The van der Waals surface area contributed by atoms with E-state index < -0.39 is 0 Å². The molecule has 0 fully saturated rings. The van der Waals surface area contributed by atoms with Crippen molar-refractivity contribution in [2.24, 2.45) is 4.99 Å². The highest BCUT2D eigenvalue weighted by Crippen LogP contribution is 2.22. The molecule has 58 valence electrons. The Morgan fingerprint density at radius 1 is 1.17 bits per heavy atom. The van der Waals surface area contributed by atoms with Gasteiger partial charge in [0.2, 0.25) is 0 Å². The lowest BCUT2D eigenvalue weighted by atomic mass is 10.2. The lowest BCUT2D eigenvalue weighted by Gasteiger charge is -1.98. The molecule has 0 aliphatic rings. The molecule has 2 rings (SSSR count). The molecule has 2 aromatic rings. The van der Waals surface area contributed by atoms with Crippen molar-refractivity contribution < 1.29 is 0 Å². The summed E-state index contributed by atoms with van der Waals surface area (Å²) in [5.74, 6) is 0. The molecule has 0 saturated heterocycles. The SMILES string of the molecule is C=Nc1ccnc2ccccc12. The summed E-state index contributed by atoms with van der Waals surface area (Å²) in [5.41, 5.74) is 1.85. The van der Waals surface area contributed by atoms with Gasteiger partial charge in [0.25, 0.3) is 0 Å². The molecule has 0 aliphatic carbocycles. The molecule has 0 aliphatic heterocycles. The Hall–Kier alpha value is -1.70. The van der Waals surface area contributed by atoms with Gasteiger partial charge in [0.15, 0.2) is 0 Å². The number of hydrogen-bond donors (Lipinski definition) is 0. The van der Waals surface area contributed by atoms with Crippen LogP contribution in [0.5, 0.6) is 0 Å². The van der Waals surface area contributed by atoms with Crippen molar-refractivity contribution in [3.8, 4) is 0 Å². The number of aliphatic imine (C=N–C) groups is 1. The Labute approximate surface area is 70.6 Å². The number of aromatic nitrogens is 1. The average molecular weight is 156 g/mol. The molecule has 2 nitrogen and oxygen atoms in total. The van der Waals surface area contributed by atoms with E-state index in [0.29, 0.717) is 0 Å². The number of pyridine rings is 1. The van der Waals surface area contributed by atoms with E-state index in [9.17, 15) is 0 Å². The smallest absolute Gasteiger partial charge is 0.0731 e. The third kappa shape index (κ3) is 0.975. The van der Waals surface area contributed by atoms with Crippen LogP contribution < -0.4 is 0 Å². The van der Waals surface area contributed by atoms with Gasteiger partial charge in [-0.25, -0.2) is 0 Å². The summed E-state index contributed by atoms with van der Waals surface area (Å²) in [4.78, 5) is 8.11. The minimum atomic E-state index is 0.889. The van der Waals surface area contributed by atoms with Crippen molar-refractivity contribution >= 4 is 23.3 Å². The maximum Gasteiger partial charge on any atom is 0.0731 e. The maximum absolute atomic E-state index is 4.20. The zero-order valence-corrected chi connectivity index (χ0v) is 6.57. The first-order valence-corrected chi connectivity index (χ1v) is 3.72. The topological polar surface area (TPSA) is 25.2 Å². The van der Waals surface area contributed by atoms with Gasteiger partial charge >= 0.3 is 0 Å². The van der Waals surface area contributed by atoms with E-state index in [-0.39, 0.29) is 0 Å². The standard InChI is InChI=1S/C10H8N2/c1-11-9-6-7-12-10-5-3-2-4-8(9)10/h2-7H,1H2. The Balaban J connectivity index is 2.88. The summed E-state index contributed by atoms with van der Waals surface area (Å²) < 4.78 is 0. The molecular weight excluding hydrogens is 148 g/mol. The van der Waals surface area contributed by atoms with Crippen LogP contribution in [-0.2, 0) is 0 Å². The predicted molar refractivity (Wildman–Crippen MR) is 51.0 cm³/mol. The molecule has 0 atom stereocenters. The number of fused-ring (bicyclic) bond motifs is 1.